The van der Waals surface area contributed by atoms with Gasteiger partial charge in [-0.05, 0) is 82.6 Å². The first-order valence-electron chi connectivity index (χ1n) is 11.6. The lowest BCUT2D eigenvalue weighted by Crippen LogP contribution is -2.48. The van der Waals surface area contributed by atoms with E-state index in [-0.39, 0.29) is 23.7 Å². The summed E-state index contributed by atoms with van der Waals surface area (Å²) in [5.74, 6) is -0.660. The van der Waals surface area contributed by atoms with Crippen LogP contribution in [-0.4, -0.2) is 62.3 Å². The highest BCUT2D eigenvalue weighted by Crippen LogP contribution is 2.32. The Morgan fingerprint density at radius 3 is 2.12 bits per heavy atom. The summed E-state index contributed by atoms with van der Waals surface area (Å²) in [7, 11) is -3.62. The molecule has 0 aliphatic carbocycles. The summed E-state index contributed by atoms with van der Waals surface area (Å²) in [4.78, 5) is 27.4. The van der Waals surface area contributed by atoms with Gasteiger partial charge >= 0.3 is 5.97 Å². The number of piperidine rings is 2. The Hall–Kier alpha value is -1.93. The van der Waals surface area contributed by atoms with E-state index in [9.17, 15) is 18.0 Å². The van der Waals surface area contributed by atoms with Gasteiger partial charge in [-0.1, -0.05) is 6.07 Å². The van der Waals surface area contributed by atoms with Gasteiger partial charge in [0.2, 0.25) is 15.9 Å². The first kappa shape index (κ1) is 24.7. The van der Waals surface area contributed by atoms with Gasteiger partial charge in [0.1, 0.15) is 0 Å². The van der Waals surface area contributed by atoms with Crippen LogP contribution in [-0.2, 0) is 24.3 Å². The van der Waals surface area contributed by atoms with E-state index in [0.29, 0.717) is 50.5 Å². The van der Waals surface area contributed by atoms with Crippen molar-refractivity contribution < 1.29 is 22.7 Å². The molecule has 7 nitrogen and oxygen atoms in total. The van der Waals surface area contributed by atoms with Crippen LogP contribution in [0.2, 0.25) is 0 Å². The highest BCUT2D eigenvalue weighted by atomic mass is 32.2. The van der Waals surface area contributed by atoms with Crippen LogP contribution in [0.5, 0.6) is 0 Å². The van der Waals surface area contributed by atoms with Crippen molar-refractivity contribution >= 4 is 21.9 Å². The van der Waals surface area contributed by atoms with Gasteiger partial charge in [-0.15, -0.1) is 0 Å². The van der Waals surface area contributed by atoms with Crippen molar-refractivity contribution in [3.63, 3.8) is 0 Å². The van der Waals surface area contributed by atoms with Crippen molar-refractivity contribution in [1.29, 1.82) is 0 Å². The largest absolute Gasteiger partial charge is 0.466 e. The summed E-state index contributed by atoms with van der Waals surface area (Å²) in [6.45, 7) is 11.4. The number of ether oxygens (including phenoxy) is 1. The molecule has 0 N–H and O–H groups in total. The molecule has 2 heterocycles. The Bertz CT molecular complexity index is 954. The number of likely N-dealkylation sites (tertiary alicyclic amines) is 1. The summed E-state index contributed by atoms with van der Waals surface area (Å²) >= 11 is 0. The molecule has 0 aromatic heterocycles. The predicted molar refractivity (Wildman–Crippen MR) is 123 cm³/mol. The fourth-order valence-corrected chi connectivity index (χ4v) is 6.97. The van der Waals surface area contributed by atoms with Crippen LogP contribution in [0.3, 0.4) is 0 Å². The first-order chi connectivity index (χ1) is 15.1. The Labute approximate surface area is 192 Å². The molecule has 32 heavy (non-hydrogen) atoms. The van der Waals surface area contributed by atoms with E-state index in [2.05, 4.69) is 0 Å². The van der Waals surface area contributed by atoms with E-state index in [1.54, 1.807) is 11.8 Å². The van der Waals surface area contributed by atoms with Crippen LogP contribution in [0.1, 0.15) is 54.9 Å². The third-order valence-electron chi connectivity index (χ3n) is 7.05. The van der Waals surface area contributed by atoms with Gasteiger partial charge < -0.3 is 9.64 Å². The molecule has 0 bridgehead atoms. The van der Waals surface area contributed by atoms with Crippen molar-refractivity contribution in [2.24, 2.45) is 11.8 Å². The standard InChI is InChI=1S/C24H36N2O5S/c1-6-31-24(28)21-8-7-11-25(15-21)23(27)20-9-12-26(13-10-20)32(29,30)22-18(4)16(2)14-17(3)19(22)5/h14,20-21H,6-13,15H2,1-5H3/t21-/m1/s1. The molecule has 2 aliphatic rings. The number of hydrogen-bond acceptors (Lipinski definition) is 5. The molecule has 8 heteroatoms. The number of aryl methyl sites for hydroxylation is 2. The Morgan fingerprint density at radius 1 is 0.969 bits per heavy atom. The van der Waals surface area contributed by atoms with Gasteiger partial charge in [-0.2, -0.15) is 4.31 Å². The molecule has 3 rings (SSSR count). The normalized spacial score (nSPS) is 20.9. The van der Waals surface area contributed by atoms with Crippen LogP contribution >= 0.6 is 0 Å². The molecule has 0 unspecified atom stereocenters. The second-order valence-corrected chi connectivity index (χ2v) is 11.0. The second-order valence-electron chi connectivity index (χ2n) is 9.14. The molecule has 0 saturated carbocycles. The van der Waals surface area contributed by atoms with E-state index < -0.39 is 10.0 Å². The van der Waals surface area contributed by atoms with Crippen LogP contribution in [0.4, 0.5) is 0 Å². The summed E-state index contributed by atoms with van der Waals surface area (Å²) in [6, 6.07) is 2.02. The number of benzene rings is 1. The molecule has 1 amide bonds. The Morgan fingerprint density at radius 2 is 1.56 bits per heavy atom. The zero-order chi connectivity index (χ0) is 23.6. The summed E-state index contributed by atoms with van der Waals surface area (Å²) in [6.07, 6.45) is 2.53. The highest BCUT2D eigenvalue weighted by molar-refractivity contribution is 7.89. The van der Waals surface area contributed by atoms with Gasteiger partial charge in [0.25, 0.3) is 0 Å². The fraction of sp³-hybridized carbons (Fsp3) is 0.667. The smallest absolute Gasteiger partial charge is 0.310 e. The van der Waals surface area contributed by atoms with Crippen molar-refractivity contribution in [1.82, 2.24) is 9.21 Å². The molecule has 1 aromatic rings. The van der Waals surface area contributed by atoms with E-state index in [0.717, 1.165) is 35.1 Å². The van der Waals surface area contributed by atoms with Crippen LogP contribution in [0.15, 0.2) is 11.0 Å². The monoisotopic (exact) mass is 464 g/mol. The molecule has 1 atom stereocenters. The molecular weight excluding hydrogens is 428 g/mol. The number of esters is 1. The van der Waals surface area contributed by atoms with Crippen LogP contribution in [0.25, 0.3) is 0 Å². The van der Waals surface area contributed by atoms with E-state index in [1.165, 1.54) is 4.31 Å². The number of carbonyl (C=O) groups is 2. The van der Waals surface area contributed by atoms with E-state index >= 15 is 0 Å². The molecule has 1 aromatic carbocycles. The van der Waals surface area contributed by atoms with Crippen molar-refractivity contribution in [3.8, 4) is 0 Å². The lowest BCUT2D eigenvalue weighted by Gasteiger charge is -2.37. The Kier molecular flexibility index (Phi) is 7.65. The molecule has 2 fully saturated rings. The minimum absolute atomic E-state index is 0.0369. The second kappa shape index (κ2) is 9.91. The SMILES string of the molecule is CCOC(=O)[C@@H]1CCCN(C(=O)C2CCN(S(=O)(=O)c3c(C)c(C)cc(C)c3C)CC2)C1. The van der Waals surface area contributed by atoms with Crippen LogP contribution < -0.4 is 0 Å². The maximum absolute atomic E-state index is 13.5. The number of carbonyl (C=O) groups excluding carboxylic acids is 2. The van der Waals surface area contributed by atoms with E-state index in [4.69, 9.17) is 4.74 Å². The average molecular weight is 465 g/mol. The maximum Gasteiger partial charge on any atom is 0.310 e. The quantitative estimate of drug-likeness (QED) is 0.625. The van der Waals surface area contributed by atoms with Crippen LogP contribution in [0, 0.1) is 39.5 Å². The lowest BCUT2D eigenvalue weighted by atomic mass is 9.93. The summed E-state index contributed by atoms with van der Waals surface area (Å²) in [5, 5.41) is 0. The zero-order valence-corrected chi connectivity index (χ0v) is 20.8. The number of amides is 1. The predicted octanol–water partition coefficient (Wildman–Crippen LogP) is 3.12. The fourth-order valence-electron chi connectivity index (χ4n) is 4.93. The zero-order valence-electron chi connectivity index (χ0n) is 19.9. The minimum atomic E-state index is -3.62. The van der Waals surface area contributed by atoms with Crippen molar-refractivity contribution in [3.05, 3.63) is 28.3 Å². The number of sulfonamides is 1. The van der Waals surface area contributed by atoms with E-state index in [1.807, 2.05) is 33.8 Å². The Balaban J connectivity index is 1.67. The van der Waals surface area contributed by atoms with Gasteiger partial charge in [0.15, 0.2) is 0 Å². The molecule has 2 saturated heterocycles. The maximum atomic E-state index is 13.5. The van der Waals surface area contributed by atoms with Gasteiger partial charge in [-0.3, -0.25) is 9.59 Å². The molecule has 178 valence electrons. The number of rotatable bonds is 5. The summed E-state index contributed by atoms with van der Waals surface area (Å²) in [5.41, 5.74) is 3.53. The first-order valence-corrected chi connectivity index (χ1v) is 13.0. The third kappa shape index (κ3) is 4.86. The molecular formula is C24H36N2O5S. The third-order valence-corrected chi connectivity index (χ3v) is 9.22. The average Bonchev–Trinajstić information content (AvgIpc) is 2.77. The van der Waals surface area contributed by atoms with Gasteiger partial charge in [-0.25, -0.2) is 8.42 Å². The summed E-state index contributed by atoms with van der Waals surface area (Å²) < 4.78 is 33.6. The van der Waals surface area contributed by atoms with Gasteiger partial charge in [0.05, 0.1) is 17.4 Å². The molecule has 2 aliphatic heterocycles. The van der Waals surface area contributed by atoms with Crippen molar-refractivity contribution in [2.75, 3.05) is 32.8 Å². The molecule has 0 radical (unpaired) electrons. The number of hydrogen-bond donors (Lipinski definition) is 0. The van der Waals surface area contributed by atoms with Crippen molar-refractivity contribution in [2.45, 2.75) is 65.2 Å². The van der Waals surface area contributed by atoms with Gasteiger partial charge in [0, 0.05) is 32.1 Å². The molecule has 0 spiro atoms. The highest BCUT2D eigenvalue weighted by Gasteiger charge is 2.37. The number of nitrogens with zero attached hydrogens (tertiary/aromatic N) is 2. The minimum Gasteiger partial charge on any atom is -0.466 e. The lowest BCUT2D eigenvalue weighted by molar-refractivity contribution is -0.152. The topological polar surface area (TPSA) is 84.0 Å².